The van der Waals surface area contributed by atoms with Crippen LogP contribution < -0.4 is 18.9 Å². The van der Waals surface area contributed by atoms with Crippen molar-refractivity contribution in [2.45, 2.75) is 26.6 Å². The molecule has 1 aromatic heterocycles. The predicted molar refractivity (Wildman–Crippen MR) is 141 cm³/mol. The molecule has 7 nitrogen and oxygen atoms in total. The first-order valence-electron chi connectivity index (χ1n) is 12.3. The van der Waals surface area contributed by atoms with Gasteiger partial charge in [-0.2, -0.15) is 0 Å². The van der Waals surface area contributed by atoms with Crippen molar-refractivity contribution < 1.29 is 23.7 Å². The molecule has 3 aromatic carbocycles. The number of benzene rings is 3. The van der Waals surface area contributed by atoms with Gasteiger partial charge < -0.3 is 23.5 Å². The summed E-state index contributed by atoms with van der Waals surface area (Å²) in [5.74, 6) is 3.13. The van der Waals surface area contributed by atoms with Gasteiger partial charge in [0.15, 0.2) is 5.76 Å². The van der Waals surface area contributed by atoms with Gasteiger partial charge in [0.05, 0.1) is 25.3 Å². The van der Waals surface area contributed by atoms with E-state index in [0.29, 0.717) is 36.9 Å². The molecule has 0 bridgehead atoms. The Morgan fingerprint density at radius 3 is 2.54 bits per heavy atom. The zero-order valence-electron chi connectivity index (χ0n) is 21.1. The van der Waals surface area contributed by atoms with Crippen molar-refractivity contribution in [2.75, 3.05) is 21.0 Å². The molecule has 0 atom stereocenters. The minimum Gasteiger partial charge on any atom is -0.497 e. The summed E-state index contributed by atoms with van der Waals surface area (Å²) in [6.45, 7) is 4.71. The van der Waals surface area contributed by atoms with Crippen LogP contribution >= 0.6 is 0 Å². The molecule has 0 unspecified atom stereocenters. The summed E-state index contributed by atoms with van der Waals surface area (Å²) in [5, 5.41) is 1.01. The molecule has 0 amide bonds. The van der Waals surface area contributed by atoms with Gasteiger partial charge in [-0.15, -0.1) is 0 Å². The van der Waals surface area contributed by atoms with E-state index in [1.165, 1.54) is 0 Å². The number of methoxy groups -OCH3 is 2. The van der Waals surface area contributed by atoms with Crippen LogP contribution in [-0.4, -0.2) is 36.2 Å². The molecule has 37 heavy (non-hydrogen) atoms. The van der Waals surface area contributed by atoms with Crippen molar-refractivity contribution in [1.29, 1.82) is 0 Å². The van der Waals surface area contributed by atoms with Crippen molar-refractivity contribution >= 4 is 22.8 Å². The smallest absolute Gasteiger partial charge is 0.231 e. The maximum atomic E-state index is 13.4. The van der Waals surface area contributed by atoms with Crippen molar-refractivity contribution in [2.24, 2.45) is 0 Å². The van der Waals surface area contributed by atoms with Gasteiger partial charge in [0.25, 0.3) is 0 Å². The molecule has 0 saturated heterocycles. The average Bonchev–Trinajstić information content (AvgIpc) is 3.45. The third-order valence-corrected chi connectivity index (χ3v) is 6.99. The summed E-state index contributed by atoms with van der Waals surface area (Å²) in [6, 6.07) is 17.7. The molecule has 0 fully saturated rings. The Balaban J connectivity index is 1.30. The molecule has 7 heteroatoms. The van der Waals surface area contributed by atoms with Crippen LogP contribution in [0.25, 0.3) is 17.0 Å². The van der Waals surface area contributed by atoms with Crippen molar-refractivity contribution in [3.63, 3.8) is 0 Å². The lowest BCUT2D eigenvalue weighted by molar-refractivity contribution is 0.0872. The van der Waals surface area contributed by atoms with Gasteiger partial charge in [-0.3, -0.25) is 9.69 Å². The quantitative estimate of drug-likeness (QED) is 0.322. The lowest BCUT2D eigenvalue weighted by Crippen LogP contribution is -2.31. The number of nitrogens with zero attached hydrogens (tertiary/aromatic N) is 2. The lowest BCUT2D eigenvalue weighted by atomic mass is 10.0. The van der Waals surface area contributed by atoms with E-state index in [1.807, 2.05) is 60.8 Å². The first kappa shape index (κ1) is 23.2. The second-order valence-corrected chi connectivity index (χ2v) is 9.22. The van der Waals surface area contributed by atoms with Gasteiger partial charge in [-0.05, 0) is 61.0 Å². The third-order valence-electron chi connectivity index (χ3n) is 6.99. The fourth-order valence-corrected chi connectivity index (χ4v) is 5.04. The van der Waals surface area contributed by atoms with Crippen LogP contribution in [0.4, 0.5) is 0 Å². The van der Waals surface area contributed by atoms with E-state index in [9.17, 15) is 4.79 Å². The number of Topliss-reactive ketones (excluding diaryl/α,β-unsaturated/α-hetero) is 1. The Labute approximate surface area is 215 Å². The topological polar surface area (TPSA) is 62.2 Å². The number of hydrogen-bond donors (Lipinski definition) is 0. The molecular weight excluding hydrogens is 468 g/mol. The number of hydrogen-bond acceptors (Lipinski definition) is 6. The lowest BCUT2D eigenvalue weighted by Gasteiger charge is -2.29. The van der Waals surface area contributed by atoms with Gasteiger partial charge in [-0.25, -0.2) is 0 Å². The van der Waals surface area contributed by atoms with Crippen LogP contribution in [0, 0.1) is 0 Å². The Bertz CT molecular complexity index is 1530. The number of rotatable bonds is 6. The highest BCUT2D eigenvalue weighted by Crippen LogP contribution is 2.42. The van der Waals surface area contributed by atoms with Crippen LogP contribution in [0.15, 0.2) is 66.6 Å². The van der Waals surface area contributed by atoms with Gasteiger partial charge in [0.1, 0.15) is 29.7 Å². The molecule has 0 N–H and O–H groups in total. The largest absolute Gasteiger partial charge is 0.497 e. The number of fused-ring (bicyclic) bond motifs is 4. The van der Waals surface area contributed by atoms with Gasteiger partial charge in [0, 0.05) is 42.3 Å². The number of carbonyl (C=O) groups excluding carboxylic acids is 1. The van der Waals surface area contributed by atoms with Crippen LogP contribution in [0.2, 0.25) is 0 Å². The number of ketones is 1. The first-order valence-corrected chi connectivity index (χ1v) is 12.3. The van der Waals surface area contributed by atoms with Gasteiger partial charge in [-0.1, -0.05) is 12.1 Å². The SMILES string of the molecule is CCn1cc(/C=C2\Oc3c(ccc4c3CN(Cc3ccc(OC)cc3)CO4)C2=O)c2cc(OC)ccc21. The second kappa shape index (κ2) is 9.33. The molecule has 6 rings (SSSR count). The maximum absolute atomic E-state index is 13.4. The minimum absolute atomic E-state index is 0.120. The van der Waals surface area contributed by atoms with E-state index >= 15 is 0 Å². The van der Waals surface area contributed by atoms with E-state index in [1.54, 1.807) is 20.3 Å². The number of ether oxygens (including phenoxy) is 4. The fourth-order valence-electron chi connectivity index (χ4n) is 5.04. The second-order valence-electron chi connectivity index (χ2n) is 9.22. The van der Waals surface area contributed by atoms with E-state index in [-0.39, 0.29) is 5.78 Å². The summed E-state index contributed by atoms with van der Waals surface area (Å²) < 4.78 is 25.1. The molecule has 0 radical (unpaired) electrons. The summed E-state index contributed by atoms with van der Waals surface area (Å²) >= 11 is 0. The molecule has 4 aromatic rings. The van der Waals surface area contributed by atoms with Crippen LogP contribution in [-0.2, 0) is 19.6 Å². The summed E-state index contributed by atoms with van der Waals surface area (Å²) in [5.41, 5.74) is 4.61. The Kier molecular flexibility index (Phi) is 5.85. The molecule has 0 spiro atoms. The predicted octanol–water partition coefficient (Wildman–Crippen LogP) is 5.65. The fraction of sp³-hybridized carbons (Fsp3) is 0.233. The number of aryl methyl sites for hydroxylation is 1. The van der Waals surface area contributed by atoms with Gasteiger partial charge >= 0.3 is 0 Å². The average molecular weight is 497 g/mol. The van der Waals surface area contributed by atoms with Crippen molar-refractivity contribution in [3.8, 4) is 23.0 Å². The standard InChI is InChI=1S/C30H28N2O5/c1-4-32-16-20(24-14-22(35-3)9-11-26(24)32)13-28-29(33)23-10-12-27-25(30(23)37-28)17-31(18-36-27)15-19-5-7-21(34-2)8-6-19/h5-14,16H,4,15,17-18H2,1-3H3/b28-13-. The van der Waals surface area contributed by atoms with Crippen molar-refractivity contribution in [3.05, 3.63) is 88.8 Å². The van der Waals surface area contributed by atoms with E-state index in [0.717, 1.165) is 51.4 Å². The van der Waals surface area contributed by atoms with E-state index in [4.69, 9.17) is 18.9 Å². The first-order chi connectivity index (χ1) is 18.1. The highest BCUT2D eigenvalue weighted by atomic mass is 16.5. The van der Waals surface area contributed by atoms with E-state index < -0.39 is 0 Å². The third kappa shape index (κ3) is 4.11. The van der Waals surface area contributed by atoms with Crippen molar-refractivity contribution in [1.82, 2.24) is 9.47 Å². The molecule has 2 aliphatic heterocycles. The Morgan fingerprint density at radius 2 is 1.78 bits per heavy atom. The molecule has 2 aliphatic rings. The number of aromatic nitrogens is 1. The van der Waals surface area contributed by atoms with Crippen LogP contribution in [0.5, 0.6) is 23.0 Å². The molecular formula is C30H28N2O5. The highest BCUT2D eigenvalue weighted by molar-refractivity contribution is 6.15. The molecule has 188 valence electrons. The molecule has 0 aliphatic carbocycles. The van der Waals surface area contributed by atoms with E-state index in [2.05, 4.69) is 16.4 Å². The Hall–Kier alpha value is -4.23. The number of carbonyl (C=O) groups is 1. The zero-order chi connectivity index (χ0) is 25.5. The van der Waals surface area contributed by atoms with Gasteiger partial charge in [0.2, 0.25) is 5.78 Å². The van der Waals surface area contributed by atoms with Crippen LogP contribution in [0.3, 0.4) is 0 Å². The summed E-state index contributed by atoms with van der Waals surface area (Å²) in [7, 11) is 3.31. The maximum Gasteiger partial charge on any atom is 0.231 e. The highest BCUT2D eigenvalue weighted by Gasteiger charge is 2.34. The number of allylic oxidation sites excluding steroid dienone is 1. The van der Waals surface area contributed by atoms with Crippen LogP contribution in [0.1, 0.15) is 34.0 Å². The zero-order valence-corrected chi connectivity index (χ0v) is 21.1. The summed E-state index contributed by atoms with van der Waals surface area (Å²) in [6.07, 6.45) is 3.88. The molecule has 0 saturated carbocycles. The normalized spacial score (nSPS) is 15.9. The minimum atomic E-state index is -0.120. The monoisotopic (exact) mass is 496 g/mol. The Morgan fingerprint density at radius 1 is 1.00 bits per heavy atom. The molecule has 3 heterocycles. The summed E-state index contributed by atoms with van der Waals surface area (Å²) in [4.78, 5) is 15.5.